The molecule has 9 nitrogen and oxygen atoms in total. The molecule has 0 atom stereocenters. The number of carbonyl (C=O) groups is 1. The number of non-ortho nitro benzene ring substituents is 1. The first-order valence-corrected chi connectivity index (χ1v) is 7.06. The van der Waals surface area contributed by atoms with Gasteiger partial charge in [0, 0.05) is 12.3 Å². The van der Waals surface area contributed by atoms with Crippen LogP contribution in [0.3, 0.4) is 0 Å². The third kappa shape index (κ3) is 3.75. The van der Waals surface area contributed by atoms with Gasteiger partial charge in [-0.15, -0.1) is 0 Å². The fraction of sp³-hybridized carbons (Fsp3) is 0.267. The molecule has 24 heavy (non-hydrogen) atoms. The molecule has 0 aliphatic carbocycles. The zero-order chi connectivity index (χ0) is 17.7. The Kier molecular flexibility index (Phi) is 5.25. The summed E-state index contributed by atoms with van der Waals surface area (Å²) in [6.07, 6.45) is 1.36. The number of nitro benzene ring substituents is 1. The van der Waals surface area contributed by atoms with Gasteiger partial charge in [0.1, 0.15) is 23.0 Å². The van der Waals surface area contributed by atoms with Gasteiger partial charge in [0.05, 0.1) is 30.4 Å². The van der Waals surface area contributed by atoms with Crippen LogP contribution in [0.1, 0.15) is 23.1 Å². The summed E-state index contributed by atoms with van der Waals surface area (Å²) in [6.45, 7) is 3.58. The van der Waals surface area contributed by atoms with E-state index in [4.69, 9.17) is 9.47 Å². The molecule has 0 aliphatic rings. The number of nitro groups is 1. The molecule has 0 radical (unpaired) electrons. The minimum Gasteiger partial charge on any atom is -0.494 e. The van der Waals surface area contributed by atoms with Crippen LogP contribution in [-0.2, 0) is 4.74 Å². The number of benzene rings is 1. The molecule has 0 amide bonds. The smallest absolute Gasteiger partial charge is 0.343 e. The molecule has 1 aromatic heterocycles. The Morgan fingerprint density at radius 1 is 1.42 bits per heavy atom. The van der Waals surface area contributed by atoms with Gasteiger partial charge in [0.2, 0.25) is 0 Å². The Bertz CT molecular complexity index is 778. The Labute approximate surface area is 137 Å². The number of nitrogens with zero attached hydrogens (tertiary/aromatic N) is 3. The minimum absolute atomic E-state index is 0.109. The van der Waals surface area contributed by atoms with Crippen molar-refractivity contribution in [3.05, 3.63) is 45.9 Å². The van der Waals surface area contributed by atoms with E-state index < -0.39 is 10.9 Å². The van der Waals surface area contributed by atoms with Crippen LogP contribution in [-0.4, -0.2) is 34.6 Å². The van der Waals surface area contributed by atoms with Gasteiger partial charge in [-0.1, -0.05) is 0 Å². The van der Waals surface area contributed by atoms with E-state index in [1.54, 1.807) is 13.8 Å². The van der Waals surface area contributed by atoms with Crippen LogP contribution < -0.4 is 10.1 Å². The molecule has 0 unspecified atom stereocenters. The second-order valence-electron chi connectivity index (χ2n) is 4.67. The average Bonchev–Trinajstić information content (AvgIpc) is 2.55. The lowest BCUT2D eigenvalue weighted by Crippen LogP contribution is -2.11. The van der Waals surface area contributed by atoms with Crippen molar-refractivity contribution in [2.24, 2.45) is 0 Å². The molecule has 0 aliphatic heterocycles. The molecular weight excluding hydrogens is 316 g/mol. The normalized spacial score (nSPS) is 10.1. The summed E-state index contributed by atoms with van der Waals surface area (Å²) in [5.74, 6) is 0.357. The van der Waals surface area contributed by atoms with Gasteiger partial charge in [-0.25, -0.2) is 14.8 Å². The van der Waals surface area contributed by atoms with E-state index in [9.17, 15) is 14.9 Å². The highest BCUT2D eigenvalue weighted by Crippen LogP contribution is 2.31. The lowest BCUT2D eigenvalue weighted by Gasteiger charge is -2.13. The van der Waals surface area contributed by atoms with Crippen molar-refractivity contribution >= 4 is 23.2 Å². The molecule has 1 N–H and O–H groups in total. The number of carbonyl (C=O) groups excluding carboxylic acids is 1. The summed E-state index contributed by atoms with van der Waals surface area (Å²) in [6, 6.07) is 4.08. The highest BCUT2D eigenvalue weighted by molar-refractivity contribution is 5.95. The van der Waals surface area contributed by atoms with Gasteiger partial charge in [-0.2, -0.15) is 0 Å². The molecule has 0 fully saturated rings. The second kappa shape index (κ2) is 7.36. The predicted octanol–water partition coefficient (Wildman–Crippen LogP) is 2.62. The van der Waals surface area contributed by atoms with Crippen molar-refractivity contribution in [3.63, 3.8) is 0 Å². The standard InChI is InChI=1S/C15H16N4O5/c1-4-24-15(20)11-8-16-9(2)17-14(11)18-12-6-5-10(19(21)22)7-13(12)23-3/h5-8H,4H2,1-3H3,(H,16,17,18). The number of hydrogen-bond donors (Lipinski definition) is 1. The van der Waals surface area contributed by atoms with Crippen LogP contribution in [0.15, 0.2) is 24.4 Å². The Morgan fingerprint density at radius 2 is 2.17 bits per heavy atom. The van der Waals surface area contributed by atoms with Crippen LogP contribution in [0.5, 0.6) is 5.75 Å². The van der Waals surface area contributed by atoms with Crippen LogP contribution in [0.2, 0.25) is 0 Å². The largest absolute Gasteiger partial charge is 0.494 e. The summed E-state index contributed by atoms with van der Waals surface area (Å²) >= 11 is 0. The summed E-state index contributed by atoms with van der Waals surface area (Å²) in [4.78, 5) is 30.5. The molecule has 0 saturated carbocycles. The number of ether oxygens (including phenoxy) is 2. The van der Waals surface area contributed by atoms with Crippen LogP contribution in [0.25, 0.3) is 0 Å². The minimum atomic E-state index is -0.569. The third-order valence-corrected chi connectivity index (χ3v) is 3.05. The Morgan fingerprint density at radius 3 is 2.79 bits per heavy atom. The zero-order valence-electron chi connectivity index (χ0n) is 13.4. The maximum atomic E-state index is 12.0. The first kappa shape index (κ1) is 17.1. The SMILES string of the molecule is CCOC(=O)c1cnc(C)nc1Nc1ccc([N+](=O)[O-])cc1OC. The Balaban J connectivity index is 2.42. The number of hydrogen-bond acceptors (Lipinski definition) is 8. The van der Waals surface area contributed by atoms with Gasteiger partial charge in [-0.3, -0.25) is 10.1 Å². The fourth-order valence-corrected chi connectivity index (χ4v) is 1.95. The average molecular weight is 332 g/mol. The van der Waals surface area contributed by atoms with E-state index in [1.807, 2.05) is 0 Å². The number of esters is 1. The van der Waals surface area contributed by atoms with Crippen molar-refractivity contribution in [1.29, 1.82) is 0 Å². The summed E-state index contributed by atoms with van der Waals surface area (Å²) < 4.78 is 10.1. The molecule has 2 aromatic rings. The zero-order valence-corrected chi connectivity index (χ0v) is 13.4. The molecule has 1 aromatic carbocycles. The quantitative estimate of drug-likeness (QED) is 0.487. The van der Waals surface area contributed by atoms with Crippen molar-refractivity contribution < 1.29 is 19.2 Å². The van der Waals surface area contributed by atoms with Crippen LogP contribution >= 0.6 is 0 Å². The van der Waals surface area contributed by atoms with Gasteiger partial charge < -0.3 is 14.8 Å². The molecule has 0 saturated heterocycles. The second-order valence-corrected chi connectivity index (χ2v) is 4.67. The molecule has 0 bridgehead atoms. The van der Waals surface area contributed by atoms with Gasteiger partial charge in [0.15, 0.2) is 0 Å². The van der Waals surface area contributed by atoms with E-state index in [0.29, 0.717) is 11.5 Å². The monoisotopic (exact) mass is 332 g/mol. The van der Waals surface area contributed by atoms with Crippen LogP contribution in [0, 0.1) is 17.0 Å². The lowest BCUT2D eigenvalue weighted by atomic mass is 10.2. The molecular formula is C15H16N4O5. The molecule has 1 heterocycles. The van der Waals surface area contributed by atoms with Gasteiger partial charge >= 0.3 is 5.97 Å². The number of aryl methyl sites for hydroxylation is 1. The summed E-state index contributed by atoms with van der Waals surface area (Å²) in [7, 11) is 1.39. The number of aromatic nitrogens is 2. The predicted molar refractivity (Wildman–Crippen MR) is 85.7 cm³/mol. The molecule has 0 spiro atoms. The number of anilines is 2. The van der Waals surface area contributed by atoms with Crippen molar-refractivity contribution in [2.75, 3.05) is 19.0 Å². The third-order valence-electron chi connectivity index (χ3n) is 3.05. The number of methoxy groups -OCH3 is 1. The van der Waals surface area contributed by atoms with E-state index in [0.717, 1.165) is 0 Å². The maximum absolute atomic E-state index is 12.0. The van der Waals surface area contributed by atoms with E-state index >= 15 is 0 Å². The van der Waals surface area contributed by atoms with Crippen molar-refractivity contribution in [2.45, 2.75) is 13.8 Å². The van der Waals surface area contributed by atoms with Gasteiger partial charge in [0.25, 0.3) is 5.69 Å². The van der Waals surface area contributed by atoms with E-state index in [2.05, 4.69) is 15.3 Å². The molecule has 2 rings (SSSR count). The first-order valence-electron chi connectivity index (χ1n) is 7.06. The molecule has 126 valence electrons. The topological polar surface area (TPSA) is 116 Å². The summed E-state index contributed by atoms with van der Waals surface area (Å²) in [5.41, 5.74) is 0.469. The summed E-state index contributed by atoms with van der Waals surface area (Å²) in [5, 5.41) is 13.8. The molecule has 9 heteroatoms. The van der Waals surface area contributed by atoms with E-state index in [-0.39, 0.29) is 29.4 Å². The fourth-order valence-electron chi connectivity index (χ4n) is 1.95. The van der Waals surface area contributed by atoms with Crippen molar-refractivity contribution in [1.82, 2.24) is 9.97 Å². The highest BCUT2D eigenvalue weighted by atomic mass is 16.6. The highest BCUT2D eigenvalue weighted by Gasteiger charge is 2.18. The number of nitrogens with one attached hydrogen (secondary N) is 1. The van der Waals surface area contributed by atoms with Crippen LogP contribution in [0.4, 0.5) is 17.2 Å². The van der Waals surface area contributed by atoms with Crippen molar-refractivity contribution in [3.8, 4) is 5.75 Å². The maximum Gasteiger partial charge on any atom is 0.343 e. The lowest BCUT2D eigenvalue weighted by molar-refractivity contribution is -0.384. The van der Waals surface area contributed by atoms with Gasteiger partial charge in [-0.05, 0) is 19.9 Å². The first-order chi connectivity index (χ1) is 11.5. The Hall–Kier alpha value is -3.23. The number of rotatable bonds is 6. The van der Waals surface area contributed by atoms with E-state index in [1.165, 1.54) is 31.5 Å².